The SMILES string of the molecule is CCCCCOCC(O)CNCCN. The first kappa shape index (κ1) is 13.8. The van der Waals surface area contributed by atoms with Gasteiger partial charge in [-0.2, -0.15) is 0 Å². The summed E-state index contributed by atoms with van der Waals surface area (Å²) < 4.78 is 5.31. The zero-order valence-electron chi connectivity index (χ0n) is 9.17. The first-order chi connectivity index (χ1) is 6.81. The Bertz CT molecular complexity index is 112. The van der Waals surface area contributed by atoms with E-state index in [2.05, 4.69) is 12.2 Å². The Hall–Kier alpha value is -0.160. The van der Waals surface area contributed by atoms with Crippen molar-refractivity contribution in [3.63, 3.8) is 0 Å². The van der Waals surface area contributed by atoms with Crippen molar-refractivity contribution >= 4 is 0 Å². The lowest BCUT2D eigenvalue weighted by Gasteiger charge is -2.11. The summed E-state index contributed by atoms with van der Waals surface area (Å²) >= 11 is 0. The second-order valence-corrected chi connectivity index (χ2v) is 3.43. The molecule has 0 aliphatic rings. The number of unbranched alkanes of at least 4 members (excludes halogenated alkanes) is 2. The zero-order chi connectivity index (χ0) is 10.6. The predicted octanol–water partition coefficient (Wildman–Crippen LogP) is 0.102. The van der Waals surface area contributed by atoms with Crippen LogP contribution < -0.4 is 11.1 Å². The lowest BCUT2D eigenvalue weighted by molar-refractivity contribution is 0.0358. The van der Waals surface area contributed by atoms with Gasteiger partial charge in [-0.25, -0.2) is 0 Å². The average molecular weight is 204 g/mol. The van der Waals surface area contributed by atoms with Crippen LogP contribution in [0.1, 0.15) is 26.2 Å². The van der Waals surface area contributed by atoms with Crippen molar-refractivity contribution in [2.24, 2.45) is 5.73 Å². The molecule has 1 unspecified atom stereocenters. The lowest BCUT2D eigenvalue weighted by atomic mass is 10.3. The van der Waals surface area contributed by atoms with Crippen molar-refractivity contribution in [3.05, 3.63) is 0 Å². The van der Waals surface area contributed by atoms with Crippen molar-refractivity contribution in [1.82, 2.24) is 5.32 Å². The van der Waals surface area contributed by atoms with Gasteiger partial charge in [-0.15, -0.1) is 0 Å². The van der Waals surface area contributed by atoms with Crippen LogP contribution in [0, 0.1) is 0 Å². The smallest absolute Gasteiger partial charge is 0.0897 e. The molecule has 0 radical (unpaired) electrons. The number of aliphatic hydroxyl groups is 1. The maximum absolute atomic E-state index is 9.40. The molecule has 0 bridgehead atoms. The van der Waals surface area contributed by atoms with Crippen molar-refractivity contribution in [1.29, 1.82) is 0 Å². The van der Waals surface area contributed by atoms with Crippen LogP contribution in [0.25, 0.3) is 0 Å². The van der Waals surface area contributed by atoms with Gasteiger partial charge in [0.1, 0.15) is 0 Å². The summed E-state index contributed by atoms with van der Waals surface area (Å²) in [6.07, 6.45) is 3.06. The van der Waals surface area contributed by atoms with E-state index in [0.29, 0.717) is 19.7 Å². The van der Waals surface area contributed by atoms with Crippen LogP contribution in [-0.2, 0) is 4.74 Å². The second-order valence-electron chi connectivity index (χ2n) is 3.43. The van der Waals surface area contributed by atoms with Gasteiger partial charge >= 0.3 is 0 Å². The summed E-state index contributed by atoms with van der Waals surface area (Å²) in [5.74, 6) is 0. The fraction of sp³-hybridized carbons (Fsp3) is 1.00. The summed E-state index contributed by atoms with van der Waals surface area (Å²) in [4.78, 5) is 0. The quantitative estimate of drug-likeness (QED) is 0.442. The van der Waals surface area contributed by atoms with E-state index in [1.807, 2.05) is 0 Å². The lowest BCUT2D eigenvalue weighted by Crippen LogP contribution is -2.33. The maximum atomic E-state index is 9.40. The van der Waals surface area contributed by atoms with Gasteiger partial charge in [-0.3, -0.25) is 0 Å². The summed E-state index contributed by atoms with van der Waals surface area (Å²) in [6, 6.07) is 0. The molecule has 0 aromatic heterocycles. The molecule has 0 rings (SSSR count). The van der Waals surface area contributed by atoms with Gasteiger partial charge in [0, 0.05) is 26.2 Å². The number of nitrogens with two attached hydrogens (primary N) is 1. The molecule has 0 saturated carbocycles. The Morgan fingerprint density at radius 2 is 2.21 bits per heavy atom. The standard InChI is InChI=1S/C10H24N2O2/c1-2-3-4-7-14-9-10(13)8-12-6-5-11/h10,12-13H,2-9,11H2,1H3. The molecule has 0 spiro atoms. The highest BCUT2D eigenvalue weighted by molar-refractivity contribution is 4.58. The first-order valence-corrected chi connectivity index (χ1v) is 5.47. The topological polar surface area (TPSA) is 67.5 Å². The van der Waals surface area contributed by atoms with E-state index in [9.17, 15) is 5.11 Å². The zero-order valence-corrected chi connectivity index (χ0v) is 9.17. The first-order valence-electron chi connectivity index (χ1n) is 5.47. The Morgan fingerprint density at radius 3 is 2.86 bits per heavy atom. The minimum atomic E-state index is -0.414. The number of ether oxygens (including phenoxy) is 1. The number of aliphatic hydroxyl groups excluding tert-OH is 1. The molecule has 0 heterocycles. The van der Waals surface area contributed by atoms with E-state index in [1.54, 1.807) is 0 Å². The summed E-state index contributed by atoms with van der Waals surface area (Å²) in [5.41, 5.74) is 5.29. The van der Waals surface area contributed by atoms with Crippen molar-refractivity contribution in [3.8, 4) is 0 Å². The van der Waals surface area contributed by atoms with Crippen LogP contribution in [0.3, 0.4) is 0 Å². The van der Waals surface area contributed by atoms with Crippen molar-refractivity contribution < 1.29 is 9.84 Å². The van der Waals surface area contributed by atoms with Gasteiger partial charge in [0.25, 0.3) is 0 Å². The molecular weight excluding hydrogens is 180 g/mol. The van der Waals surface area contributed by atoms with E-state index in [1.165, 1.54) is 12.8 Å². The number of hydrogen-bond acceptors (Lipinski definition) is 4. The maximum Gasteiger partial charge on any atom is 0.0897 e. The van der Waals surface area contributed by atoms with E-state index < -0.39 is 6.10 Å². The highest BCUT2D eigenvalue weighted by atomic mass is 16.5. The van der Waals surface area contributed by atoms with Crippen LogP contribution in [0.4, 0.5) is 0 Å². The number of nitrogens with one attached hydrogen (secondary N) is 1. The fourth-order valence-corrected chi connectivity index (χ4v) is 1.10. The van der Waals surface area contributed by atoms with Crippen molar-refractivity contribution in [2.75, 3.05) is 32.8 Å². The van der Waals surface area contributed by atoms with E-state index in [-0.39, 0.29) is 0 Å². The summed E-state index contributed by atoms with van der Waals surface area (Å²) in [6.45, 7) is 5.23. The van der Waals surface area contributed by atoms with Gasteiger partial charge in [-0.1, -0.05) is 19.8 Å². The second kappa shape index (κ2) is 10.9. The Balaban J connectivity index is 3.06. The molecule has 14 heavy (non-hydrogen) atoms. The van der Waals surface area contributed by atoms with Gasteiger partial charge in [-0.05, 0) is 6.42 Å². The molecule has 0 fully saturated rings. The molecule has 0 saturated heterocycles. The third-order valence-electron chi connectivity index (χ3n) is 1.90. The summed E-state index contributed by atoms with van der Waals surface area (Å²) in [7, 11) is 0. The normalized spacial score (nSPS) is 13.1. The molecule has 4 heteroatoms. The molecule has 4 N–H and O–H groups in total. The van der Waals surface area contributed by atoms with Crippen LogP contribution >= 0.6 is 0 Å². The average Bonchev–Trinajstić information content (AvgIpc) is 2.18. The molecule has 0 aromatic carbocycles. The fourth-order valence-electron chi connectivity index (χ4n) is 1.10. The highest BCUT2D eigenvalue weighted by Crippen LogP contribution is 1.94. The molecule has 0 aromatic rings. The van der Waals surface area contributed by atoms with Gasteiger partial charge < -0.3 is 20.9 Å². The van der Waals surface area contributed by atoms with Crippen LogP contribution in [0.2, 0.25) is 0 Å². The molecule has 0 aliphatic heterocycles. The molecule has 0 aliphatic carbocycles. The Morgan fingerprint density at radius 1 is 1.43 bits per heavy atom. The third kappa shape index (κ3) is 9.92. The molecule has 1 atom stereocenters. The monoisotopic (exact) mass is 204 g/mol. The largest absolute Gasteiger partial charge is 0.389 e. The minimum absolute atomic E-state index is 0.414. The van der Waals surface area contributed by atoms with Gasteiger partial charge in [0.15, 0.2) is 0 Å². The number of hydrogen-bond donors (Lipinski definition) is 3. The van der Waals surface area contributed by atoms with Crippen molar-refractivity contribution in [2.45, 2.75) is 32.3 Å². The van der Waals surface area contributed by atoms with Crippen LogP contribution in [0.15, 0.2) is 0 Å². The molecular formula is C10H24N2O2. The minimum Gasteiger partial charge on any atom is -0.389 e. The van der Waals surface area contributed by atoms with E-state index in [0.717, 1.165) is 19.6 Å². The van der Waals surface area contributed by atoms with Gasteiger partial charge in [0.2, 0.25) is 0 Å². The summed E-state index contributed by atoms with van der Waals surface area (Å²) in [5, 5.41) is 12.4. The van der Waals surface area contributed by atoms with Gasteiger partial charge in [0.05, 0.1) is 12.7 Å². The van der Waals surface area contributed by atoms with Crippen LogP contribution in [0.5, 0.6) is 0 Å². The predicted molar refractivity (Wildman–Crippen MR) is 58.3 cm³/mol. The number of rotatable bonds is 10. The molecule has 86 valence electrons. The van der Waals surface area contributed by atoms with E-state index in [4.69, 9.17) is 10.5 Å². The highest BCUT2D eigenvalue weighted by Gasteiger charge is 2.02. The Labute approximate surface area is 86.8 Å². The Kier molecular flexibility index (Phi) is 10.8. The van der Waals surface area contributed by atoms with E-state index >= 15 is 0 Å². The third-order valence-corrected chi connectivity index (χ3v) is 1.90. The molecule has 0 amide bonds. The van der Waals surface area contributed by atoms with Crippen LogP contribution in [-0.4, -0.2) is 44.1 Å². The molecule has 4 nitrogen and oxygen atoms in total.